The van der Waals surface area contributed by atoms with E-state index in [1.807, 2.05) is 54.5 Å². The Balaban J connectivity index is 0.000000225. The second-order valence-electron chi connectivity index (χ2n) is 10.4. The molecule has 0 spiro atoms. The Hall–Kier alpha value is -2.78. The topological polar surface area (TPSA) is 35.2 Å². The predicted molar refractivity (Wildman–Crippen MR) is 165 cm³/mol. The molecule has 0 radical (unpaired) electrons. The summed E-state index contributed by atoms with van der Waals surface area (Å²) in [5, 5.41) is 2.03. The fourth-order valence-corrected chi connectivity index (χ4v) is 5.78. The number of hydrogen-bond donors (Lipinski definition) is 0. The Bertz CT molecular complexity index is 1330. The average molecular weight is 591 g/mol. The van der Waals surface area contributed by atoms with Gasteiger partial charge >= 0.3 is 6.18 Å². The van der Waals surface area contributed by atoms with Gasteiger partial charge in [0, 0.05) is 38.8 Å². The van der Waals surface area contributed by atoms with Crippen LogP contribution in [0.5, 0.6) is 5.75 Å². The summed E-state index contributed by atoms with van der Waals surface area (Å²) in [6.07, 6.45) is 0.501. The summed E-state index contributed by atoms with van der Waals surface area (Å²) in [6, 6.07) is 12.6. The standard InChI is InChI=1S/C16H18F3N3S.C14H21NO.C2H6/c1-4-22-9-11(10(2)8-16(17,18)19)20-15(22)13-7-14-12(21(13)3)5-6-23-14;1-3-12-4-6-13(7-5-12)16-14-8-10-15(2)11-9-14;1-2/h5-7,9-10H,4,8H2,1-3H3;4-7,14H,3,8-11H2,1-2H3;1-2H3. The van der Waals surface area contributed by atoms with Crippen LogP contribution in [-0.4, -0.2) is 51.4 Å². The monoisotopic (exact) mass is 590 g/mol. The maximum atomic E-state index is 12.6. The highest BCUT2D eigenvalue weighted by Crippen LogP contribution is 2.34. The predicted octanol–water partition coefficient (Wildman–Crippen LogP) is 8.93. The quantitative estimate of drug-likeness (QED) is 0.216. The SMILES string of the molecule is CC.CCc1ccc(OC2CCN(C)CC2)cc1.CCn1cc(C(C)CC(F)(F)F)nc1-c1cc2sccc2n1C. The van der Waals surface area contributed by atoms with Gasteiger partial charge in [-0.1, -0.05) is 39.8 Å². The lowest BCUT2D eigenvalue weighted by atomic mass is 10.0. The molecule has 1 aliphatic rings. The minimum absolute atomic E-state index is 0.406. The summed E-state index contributed by atoms with van der Waals surface area (Å²) in [5.74, 6) is 1.09. The first kappa shape index (κ1) is 32.7. The van der Waals surface area contributed by atoms with Crippen LogP contribution in [0.3, 0.4) is 0 Å². The van der Waals surface area contributed by atoms with Gasteiger partial charge in [0.1, 0.15) is 11.9 Å². The van der Waals surface area contributed by atoms with Gasteiger partial charge in [-0.3, -0.25) is 0 Å². The third-order valence-corrected chi connectivity index (χ3v) is 8.22. The van der Waals surface area contributed by atoms with E-state index in [-0.39, 0.29) is 0 Å². The van der Waals surface area contributed by atoms with Crippen molar-refractivity contribution >= 4 is 21.6 Å². The van der Waals surface area contributed by atoms with Crippen LogP contribution in [0.2, 0.25) is 0 Å². The highest BCUT2D eigenvalue weighted by Gasteiger charge is 2.32. The van der Waals surface area contributed by atoms with Gasteiger partial charge in [0.05, 0.1) is 28.0 Å². The van der Waals surface area contributed by atoms with E-state index in [1.54, 1.807) is 24.5 Å². The minimum atomic E-state index is -4.18. The number of piperidine rings is 1. The van der Waals surface area contributed by atoms with E-state index in [1.165, 1.54) is 5.56 Å². The summed E-state index contributed by atoms with van der Waals surface area (Å²) in [7, 11) is 4.13. The second-order valence-corrected chi connectivity index (χ2v) is 11.3. The molecule has 1 atom stereocenters. The number of aryl methyl sites for hydroxylation is 3. The lowest BCUT2D eigenvalue weighted by molar-refractivity contribution is -0.138. The molecule has 0 saturated carbocycles. The van der Waals surface area contributed by atoms with Crippen LogP contribution in [0.15, 0.2) is 48.0 Å². The normalized spacial score (nSPS) is 15.2. The van der Waals surface area contributed by atoms with E-state index >= 15 is 0 Å². The van der Waals surface area contributed by atoms with E-state index in [2.05, 4.69) is 48.1 Å². The molecule has 4 aromatic rings. The van der Waals surface area contributed by atoms with E-state index in [4.69, 9.17) is 4.74 Å². The Kier molecular flexibility index (Phi) is 11.9. The number of rotatable bonds is 7. The molecule has 9 heteroatoms. The molecular formula is C32H45F3N4OS. The Morgan fingerprint density at radius 1 is 1.05 bits per heavy atom. The van der Waals surface area contributed by atoms with Gasteiger partial charge in [-0.2, -0.15) is 13.2 Å². The van der Waals surface area contributed by atoms with Gasteiger partial charge < -0.3 is 18.8 Å². The Morgan fingerprint density at radius 3 is 2.27 bits per heavy atom. The number of nitrogens with zero attached hydrogens (tertiary/aromatic N) is 4. The Morgan fingerprint density at radius 2 is 1.71 bits per heavy atom. The molecule has 5 rings (SSSR count). The fourth-order valence-electron chi connectivity index (χ4n) is 4.93. The number of halogens is 3. The van der Waals surface area contributed by atoms with Crippen LogP contribution in [0.1, 0.15) is 71.1 Å². The first-order chi connectivity index (χ1) is 19.6. The number of aromatic nitrogens is 3. The molecule has 0 bridgehead atoms. The molecule has 4 heterocycles. The third-order valence-electron chi connectivity index (χ3n) is 7.37. The lowest BCUT2D eigenvalue weighted by Gasteiger charge is -2.29. The van der Waals surface area contributed by atoms with Crippen molar-refractivity contribution in [2.24, 2.45) is 7.05 Å². The molecule has 1 aromatic carbocycles. The minimum Gasteiger partial charge on any atom is -0.490 e. The summed E-state index contributed by atoms with van der Waals surface area (Å²) in [5.41, 5.74) is 3.90. The number of likely N-dealkylation sites (tertiary alicyclic amines) is 1. The van der Waals surface area contributed by atoms with Crippen molar-refractivity contribution in [2.75, 3.05) is 20.1 Å². The molecule has 1 unspecified atom stereocenters. The third kappa shape index (κ3) is 8.85. The zero-order valence-electron chi connectivity index (χ0n) is 25.5. The maximum Gasteiger partial charge on any atom is 0.389 e. The van der Waals surface area contributed by atoms with Crippen molar-refractivity contribution in [3.63, 3.8) is 0 Å². The number of hydrogen-bond acceptors (Lipinski definition) is 4. The highest BCUT2D eigenvalue weighted by atomic mass is 32.1. The van der Waals surface area contributed by atoms with Crippen LogP contribution in [0.25, 0.3) is 21.7 Å². The van der Waals surface area contributed by atoms with E-state index in [0.29, 0.717) is 18.3 Å². The van der Waals surface area contributed by atoms with Gasteiger partial charge in [0.15, 0.2) is 5.82 Å². The van der Waals surface area contributed by atoms with Crippen molar-refractivity contribution in [2.45, 2.75) is 85.0 Å². The molecule has 1 aliphatic heterocycles. The van der Waals surface area contributed by atoms with Crippen LogP contribution in [0.4, 0.5) is 13.2 Å². The molecule has 41 heavy (non-hydrogen) atoms. The molecule has 0 amide bonds. The molecule has 0 aliphatic carbocycles. The van der Waals surface area contributed by atoms with E-state index < -0.39 is 18.5 Å². The van der Waals surface area contributed by atoms with Crippen LogP contribution in [0, 0.1) is 0 Å². The van der Waals surface area contributed by atoms with Gasteiger partial charge in [0.25, 0.3) is 0 Å². The number of thiophene rings is 1. The zero-order valence-corrected chi connectivity index (χ0v) is 26.3. The highest BCUT2D eigenvalue weighted by molar-refractivity contribution is 7.17. The van der Waals surface area contributed by atoms with Gasteiger partial charge in [-0.25, -0.2) is 4.98 Å². The summed E-state index contributed by atoms with van der Waals surface area (Å²) in [4.78, 5) is 6.88. The van der Waals surface area contributed by atoms with Gasteiger partial charge in [-0.05, 0) is 68.4 Å². The maximum absolute atomic E-state index is 12.6. The number of imidazole rings is 1. The first-order valence-electron chi connectivity index (χ1n) is 14.7. The number of fused-ring (bicyclic) bond motifs is 1. The van der Waals surface area contributed by atoms with Gasteiger partial charge in [-0.15, -0.1) is 11.3 Å². The van der Waals surface area contributed by atoms with E-state index in [0.717, 1.165) is 59.8 Å². The van der Waals surface area contributed by atoms with Crippen molar-refractivity contribution in [1.29, 1.82) is 0 Å². The van der Waals surface area contributed by atoms with Crippen molar-refractivity contribution in [3.8, 4) is 17.3 Å². The molecule has 0 N–H and O–H groups in total. The van der Waals surface area contributed by atoms with Crippen LogP contribution >= 0.6 is 11.3 Å². The van der Waals surface area contributed by atoms with Gasteiger partial charge in [0.2, 0.25) is 0 Å². The molecule has 1 saturated heterocycles. The second kappa shape index (κ2) is 14.9. The first-order valence-corrected chi connectivity index (χ1v) is 15.6. The fraction of sp³-hybridized carbons (Fsp3) is 0.531. The van der Waals surface area contributed by atoms with Crippen LogP contribution in [-0.2, 0) is 20.0 Å². The summed E-state index contributed by atoms with van der Waals surface area (Å²) in [6.45, 7) is 12.7. The molecule has 226 valence electrons. The number of ether oxygens (including phenoxy) is 1. The number of alkyl halides is 3. The largest absolute Gasteiger partial charge is 0.490 e. The zero-order chi connectivity index (χ0) is 30.2. The van der Waals surface area contributed by atoms with Crippen LogP contribution < -0.4 is 4.74 Å². The molecule has 5 nitrogen and oxygen atoms in total. The summed E-state index contributed by atoms with van der Waals surface area (Å²) >= 11 is 1.64. The smallest absolute Gasteiger partial charge is 0.389 e. The van der Waals surface area contributed by atoms with Crippen molar-refractivity contribution in [1.82, 2.24) is 19.0 Å². The molecule has 1 fully saturated rings. The van der Waals surface area contributed by atoms with Crippen molar-refractivity contribution in [3.05, 3.63) is 59.2 Å². The lowest BCUT2D eigenvalue weighted by Crippen LogP contribution is -2.35. The Labute approximate surface area is 247 Å². The molecular weight excluding hydrogens is 545 g/mol. The number of benzene rings is 1. The average Bonchev–Trinajstić information content (AvgIpc) is 3.67. The van der Waals surface area contributed by atoms with Crippen molar-refractivity contribution < 1.29 is 17.9 Å². The molecule has 3 aromatic heterocycles. The summed E-state index contributed by atoms with van der Waals surface area (Å²) < 4.78 is 49.0. The van der Waals surface area contributed by atoms with E-state index in [9.17, 15) is 13.2 Å².